The highest BCUT2D eigenvalue weighted by Gasteiger charge is 2.62. The topological polar surface area (TPSA) is 138 Å². The normalized spacial score (nSPS) is 28.5. The van der Waals surface area contributed by atoms with Crippen LogP contribution in [-0.4, -0.2) is 53.0 Å². The summed E-state index contributed by atoms with van der Waals surface area (Å²) in [5.74, 6) is 1.20. The van der Waals surface area contributed by atoms with Gasteiger partial charge in [0, 0.05) is 18.8 Å². The molecule has 5 atom stereocenters. The van der Waals surface area contributed by atoms with Gasteiger partial charge < -0.3 is 25.8 Å². The van der Waals surface area contributed by atoms with Crippen molar-refractivity contribution in [3.63, 3.8) is 0 Å². The van der Waals surface area contributed by atoms with Crippen LogP contribution in [0.5, 0.6) is 5.88 Å². The number of primary amides is 1. The molecule has 4 N–H and O–H groups in total. The molecule has 1 aromatic rings. The lowest BCUT2D eigenvalue weighted by atomic mass is 9.43. The summed E-state index contributed by atoms with van der Waals surface area (Å²) in [4.78, 5) is 37.3. The number of carbonyl (C=O) groups excluding carboxylic acids is 3. The number of hydrogen-bond donors (Lipinski definition) is 3. The molecule has 10 nitrogen and oxygen atoms in total. The van der Waals surface area contributed by atoms with E-state index in [1.807, 2.05) is 34.6 Å². The number of nitrogens with zero attached hydrogens (tertiary/aromatic N) is 2. The number of carbonyl (C=O) groups is 3. The van der Waals surface area contributed by atoms with E-state index < -0.39 is 11.5 Å². The van der Waals surface area contributed by atoms with Gasteiger partial charge in [-0.1, -0.05) is 19.9 Å². The van der Waals surface area contributed by atoms with Crippen molar-refractivity contribution in [3.8, 4) is 5.88 Å². The van der Waals surface area contributed by atoms with Crippen molar-refractivity contribution >= 4 is 24.1 Å². The molecular formula is C27H41N5O5. The number of aromatic nitrogens is 2. The molecule has 204 valence electrons. The summed E-state index contributed by atoms with van der Waals surface area (Å²) in [5, 5.41) is 10.5. The third kappa shape index (κ3) is 5.62. The molecule has 10 heteroatoms. The fourth-order valence-corrected chi connectivity index (χ4v) is 6.47. The largest absolute Gasteiger partial charge is 0.477 e. The first kappa shape index (κ1) is 27.0. The van der Waals surface area contributed by atoms with Crippen molar-refractivity contribution < 1.29 is 23.9 Å². The van der Waals surface area contributed by atoms with Crippen molar-refractivity contribution in [2.75, 3.05) is 13.2 Å². The number of amides is 3. The smallest absolute Gasteiger partial charge is 0.404 e. The van der Waals surface area contributed by atoms with E-state index in [1.165, 1.54) is 10.9 Å². The van der Waals surface area contributed by atoms with Gasteiger partial charge in [-0.05, 0) is 76.0 Å². The first-order valence-corrected chi connectivity index (χ1v) is 13.4. The third-order valence-corrected chi connectivity index (χ3v) is 8.03. The summed E-state index contributed by atoms with van der Waals surface area (Å²) in [6.07, 6.45) is 8.66. The second kappa shape index (κ2) is 10.4. The van der Waals surface area contributed by atoms with Crippen LogP contribution in [0, 0.1) is 28.6 Å². The van der Waals surface area contributed by atoms with Crippen LogP contribution in [-0.2, 0) is 9.53 Å². The molecular weight excluding hydrogens is 474 g/mol. The standard InChI is InChI=1S/C27H41N5O5/c1-6-29-24(34)26(4,5)7-8-32-23(36-15-16(2)3)20(14-30-32)22(33)31-21-18-9-17-10-19(37-25(28)35)13-27(21,11-17)12-18/h7-8,14,16-19,21H,6,9-13,15H2,1-5H3,(H2,28,35)(H,29,34)(H,31,33)/b8-7+/t17?,18?,19?,21-,27?/m1/s1. The van der Waals surface area contributed by atoms with Crippen molar-refractivity contribution in [2.24, 2.45) is 34.3 Å². The number of hydrogen-bond acceptors (Lipinski definition) is 6. The van der Waals surface area contributed by atoms with Crippen LogP contribution in [0.2, 0.25) is 0 Å². The van der Waals surface area contributed by atoms with Crippen LogP contribution < -0.4 is 21.1 Å². The number of ether oxygens (including phenoxy) is 2. The predicted molar refractivity (Wildman–Crippen MR) is 139 cm³/mol. The van der Waals surface area contributed by atoms with Gasteiger partial charge >= 0.3 is 6.09 Å². The van der Waals surface area contributed by atoms with Crippen molar-refractivity contribution in [3.05, 3.63) is 17.8 Å². The van der Waals surface area contributed by atoms with E-state index in [4.69, 9.17) is 15.2 Å². The molecule has 0 aliphatic heterocycles. The molecule has 1 spiro atoms. The molecule has 3 bridgehead atoms. The lowest BCUT2D eigenvalue weighted by Crippen LogP contribution is -2.67. The van der Waals surface area contributed by atoms with Gasteiger partial charge in [0.25, 0.3) is 5.91 Å². The zero-order valence-corrected chi connectivity index (χ0v) is 22.6. The Balaban J connectivity index is 1.52. The average Bonchev–Trinajstić information content (AvgIpc) is 3.21. The molecule has 4 aliphatic carbocycles. The van der Waals surface area contributed by atoms with Crippen LogP contribution in [0.25, 0.3) is 6.20 Å². The minimum atomic E-state index is -0.761. The van der Waals surface area contributed by atoms with Crippen molar-refractivity contribution in [1.82, 2.24) is 20.4 Å². The fourth-order valence-electron chi connectivity index (χ4n) is 6.47. The molecule has 1 heterocycles. The Kier molecular flexibility index (Phi) is 7.57. The quantitative estimate of drug-likeness (QED) is 0.437. The zero-order valence-electron chi connectivity index (χ0n) is 22.6. The van der Waals surface area contributed by atoms with E-state index in [9.17, 15) is 14.4 Å². The van der Waals surface area contributed by atoms with Crippen molar-refractivity contribution in [2.45, 2.75) is 78.9 Å². The number of rotatable bonds is 10. The van der Waals surface area contributed by atoms with Gasteiger partial charge in [0.2, 0.25) is 11.8 Å². The van der Waals surface area contributed by atoms with Crippen LogP contribution >= 0.6 is 0 Å². The first-order valence-electron chi connectivity index (χ1n) is 13.4. The molecule has 0 radical (unpaired) electrons. The Morgan fingerprint density at radius 1 is 1.27 bits per heavy atom. The van der Waals surface area contributed by atoms with E-state index in [0.29, 0.717) is 36.4 Å². The van der Waals surface area contributed by atoms with Crippen molar-refractivity contribution in [1.29, 1.82) is 0 Å². The number of nitrogens with one attached hydrogen (secondary N) is 2. The molecule has 3 amide bonds. The van der Waals surface area contributed by atoms with Crippen LogP contribution in [0.1, 0.15) is 77.1 Å². The van der Waals surface area contributed by atoms with Gasteiger partial charge in [0.05, 0.1) is 18.2 Å². The molecule has 4 saturated carbocycles. The lowest BCUT2D eigenvalue weighted by molar-refractivity contribution is -0.141. The van der Waals surface area contributed by atoms with Gasteiger partial charge in [-0.25, -0.2) is 9.48 Å². The Morgan fingerprint density at radius 3 is 2.70 bits per heavy atom. The maximum absolute atomic E-state index is 13.5. The lowest BCUT2D eigenvalue weighted by Gasteiger charge is -2.65. The van der Waals surface area contributed by atoms with Crippen LogP contribution in [0.4, 0.5) is 4.79 Å². The maximum atomic E-state index is 13.5. The number of nitrogens with two attached hydrogens (primary N) is 1. The Labute approximate surface area is 218 Å². The molecule has 0 saturated heterocycles. The van der Waals surface area contributed by atoms with Gasteiger partial charge in [-0.2, -0.15) is 5.10 Å². The van der Waals surface area contributed by atoms with E-state index in [-0.39, 0.29) is 35.3 Å². The zero-order chi connectivity index (χ0) is 27.0. The van der Waals surface area contributed by atoms with E-state index in [2.05, 4.69) is 15.7 Å². The molecule has 4 fully saturated rings. The monoisotopic (exact) mass is 515 g/mol. The Morgan fingerprint density at radius 2 is 2.03 bits per heavy atom. The van der Waals surface area contributed by atoms with Crippen LogP contribution in [0.3, 0.4) is 0 Å². The highest BCUT2D eigenvalue weighted by atomic mass is 16.6. The summed E-state index contributed by atoms with van der Waals surface area (Å²) in [6, 6.07) is 0.0176. The SMILES string of the molecule is CCNC(=O)C(C)(C)/C=C/n1ncc(C(=O)N[C@@H]2C3CC4CC(OC(N)=O)CC2(C4)C3)c1OCC(C)C. The maximum Gasteiger partial charge on any atom is 0.404 e. The summed E-state index contributed by atoms with van der Waals surface area (Å²) in [5.41, 5.74) is 4.83. The minimum absolute atomic E-state index is 0.0176. The van der Waals surface area contributed by atoms with E-state index in [1.54, 1.807) is 12.3 Å². The highest BCUT2D eigenvalue weighted by Crippen LogP contribution is 2.63. The minimum Gasteiger partial charge on any atom is -0.477 e. The first-order chi connectivity index (χ1) is 17.4. The molecule has 0 aromatic carbocycles. The molecule has 5 rings (SSSR count). The highest BCUT2D eigenvalue weighted by molar-refractivity contribution is 5.97. The van der Waals surface area contributed by atoms with Crippen LogP contribution in [0.15, 0.2) is 12.3 Å². The Hall–Kier alpha value is -3.04. The Bertz CT molecular complexity index is 1060. The second-order valence-electron chi connectivity index (χ2n) is 12.0. The average molecular weight is 516 g/mol. The molecule has 37 heavy (non-hydrogen) atoms. The van der Waals surface area contributed by atoms with Gasteiger partial charge in [-0.3, -0.25) is 9.59 Å². The third-order valence-electron chi connectivity index (χ3n) is 8.03. The molecule has 1 aromatic heterocycles. The van der Waals surface area contributed by atoms with E-state index in [0.717, 1.165) is 32.1 Å². The van der Waals surface area contributed by atoms with Gasteiger partial charge in [-0.15, -0.1) is 0 Å². The van der Waals surface area contributed by atoms with Gasteiger partial charge in [0.15, 0.2) is 0 Å². The summed E-state index contributed by atoms with van der Waals surface area (Å²) < 4.78 is 12.9. The fraction of sp³-hybridized carbons (Fsp3) is 0.704. The molecule has 4 unspecified atom stereocenters. The second-order valence-corrected chi connectivity index (χ2v) is 12.0. The molecule has 4 aliphatic rings. The summed E-state index contributed by atoms with van der Waals surface area (Å²) >= 11 is 0. The van der Waals surface area contributed by atoms with E-state index >= 15 is 0 Å². The van der Waals surface area contributed by atoms with Gasteiger partial charge in [0.1, 0.15) is 11.7 Å². The summed E-state index contributed by atoms with van der Waals surface area (Å²) in [6.45, 7) is 10.6. The summed E-state index contributed by atoms with van der Waals surface area (Å²) in [7, 11) is 0. The predicted octanol–water partition coefficient (Wildman–Crippen LogP) is 3.32.